The molecule has 0 aromatic carbocycles. The predicted molar refractivity (Wildman–Crippen MR) is 63.0 cm³/mol. The van der Waals surface area contributed by atoms with E-state index >= 15 is 0 Å². The predicted octanol–water partition coefficient (Wildman–Crippen LogP) is 2.40. The Kier molecular flexibility index (Phi) is 3.15. The van der Waals surface area contributed by atoms with Crippen LogP contribution in [0.2, 0.25) is 0 Å². The number of aldehydes is 1. The number of hydrogen-bond acceptors (Lipinski definition) is 2. The van der Waals surface area contributed by atoms with Gasteiger partial charge in [-0.3, -0.25) is 4.79 Å². The van der Waals surface area contributed by atoms with Gasteiger partial charge >= 0.3 is 0 Å². The van der Waals surface area contributed by atoms with Gasteiger partial charge in [0.1, 0.15) is 0 Å². The van der Waals surface area contributed by atoms with Crippen LogP contribution in [0.15, 0.2) is 0 Å². The molecule has 1 aliphatic rings. The van der Waals surface area contributed by atoms with Crippen LogP contribution in [0.25, 0.3) is 0 Å². The Morgan fingerprint density at radius 1 is 1.38 bits per heavy atom. The molecule has 1 aliphatic heterocycles. The molecule has 1 saturated heterocycles. The van der Waals surface area contributed by atoms with E-state index in [1.165, 1.54) is 5.69 Å². The Hall–Kier alpha value is -1.09. The minimum atomic E-state index is 0.323. The minimum Gasteiger partial charge on any atom is -0.376 e. The van der Waals surface area contributed by atoms with Crippen LogP contribution in [0.5, 0.6) is 0 Å². The average molecular weight is 221 g/mol. The van der Waals surface area contributed by atoms with Gasteiger partial charge in [-0.15, -0.1) is 0 Å². The minimum absolute atomic E-state index is 0.323. The molecule has 1 atom stereocenters. The zero-order valence-electron chi connectivity index (χ0n) is 10.2. The topological polar surface area (TPSA) is 31.2 Å². The van der Waals surface area contributed by atoms with Crippen molar-refractivity contribution in [2.24, 2.45) is 0 Å². The number of carbonyl (C=O) groups is 1. The fourth-order valence-electron chi connectivity index (χ4n) is 2.51. The second-order valence-electron chi connectivity index (χ2n) is 4.57. The third-order valence-corrected chi connectivity index (χ3v) is 3.67. The molecule has 1 aromatic rings. The summed E-state index contributed by atoms with van der Waals surface area (Å²) in [6.45, 7) is 7.86. The van der Waals surface area contributed by atoms with Crippen LogP contribution in [0.1, 0.15) is 40.2 Å². The molecule has 88 valence electrons. The third kappa shape index (κ3) is 1.80. The number of nitrogens with zero attached hydrogens (tertiary/aromatic N) is 1. The Morgan fingerprint density at radius 2 is 2.12 bits per heavy atom. The third-order valence-electron chi connectivity index (χ3n) is 3.67. The van der Waals surface area contributed by atoms with E-state index in [4.69, 9.17) is 4.74 Å². The summed E-state index contributed by atoms with van der Waals surface area (Å²) in [5.74, 6) is 0. The summed E-state index contributed by atoms with van der Waals surface area (Å²) in [6, 6.07) is 0. The maximum Gasteiger partial charge on any atom is 0.152 e. The molecule has 1 aromatic heterocycles. The first-order chi connectivity index (χ1) is 7.65. The fourth-order valence-corrected chi connectivity index (χ4v) is 2.51. The summed E-state index contributed by atoms with van der Waals surface area (Å²) in [5, 5.41) is 0. The summed E-state index contributed by atoms with van der Waals surface area (Å²) in [7, 11) is 0. The van der Waals surface area contributed by atoms with Gasteiger partial charge in [-0.1, -0.05) is 0 Å². The molecular weight excluding hydrogens is 202 g/mol. The van der Waals surface area contributed by atoms with Crippen LogP contribution in [0, 0.1) is 20.8 Å². The Labute approximate surface area is 96.4 Å². The Morgan fingerprint density at radius 3 is 2.62 bits per heavy atom. The molecule has 0 bridgehead atoms. The maximum atomic E-state index is 11.0. The van der Waals surface area contributed by atoms with Gasteiger partial charge in [0.15, 0.2) is 6.29 Å². The van der Waals surface area contributed by atoms with Crippen LogP contribution in [-0.2, 0) is 11.3 Å². The maximum absolute atomic E-state index is 11.0. The van der Waals surface area contributed by atoms with E-state index in [1.54, 1.807) is 0 Å². The van der Waals surface area contributed by atoms with E-state index in [-0.39, 0.29) is 0 Å². The highest BCUT2D eigenvalue weighted by Crippen LogP contribution is 2.22. The molecule has 0 aliphatic carbocycles. The van der Waals surface area contributed by atoms with E-state index in [9.17, 15) is 4.79 Å². The van der Waals surface area contributed by atoms with Crippen molar-refractivity contribution in [3.8, 4) is 0 Å². The van der Waals surface area contributed by atoms with Gasteiger partial charge < -0.3 is 9.30 Å². The molecule has 16 heavy (non-hydrogen) atoms. The molecule has 1 fully saturated rings. The van der Waals surface area contributed by atoms with Crippen molar-refractivity contribution in [1.82, 2.24) is 4.57 Å². The smallest absolute Gasteiger partial charge is 0.152 e. The van der Waals surface area contributed by atoms with Gasteiger partial charge in [0.25, 0.3) is 0 Å². The van der Waals surface area contributed by atoms with E-state index in [0.717, 1.165) is 49.1 Å². The summed E-state index contributed by atoms with van der Waals surface area (Å²) in [5.41, 5.74) is 4.21. The van der Waals surface area contributed by atoms with Gasteiger partial charge in [0.2, 0.25) is 0 Å². The molecule has 0 unspecified atom stereocenters. The van der Waals surface area contributed by atoms with Crippen LogP contribution in [0.4, 0.5) is 0 Å². The van der Waals surface area contributed by atoms with E-state index in [0.29, 0.717) is 6.10 Å². The van der Waals surface area contributed by atoms with Crippen molar-refractivity contribution in [2.75, 3.05) is 6.61 Å². The number of rotatable bonds is 3. The summed E-state index contributed by atoms with van der Waals surface area (Å²) in [6.07, 6.45) is 3.57. The molecule has 0 spiro atoms. The number of carbonyl (C=O) groups excluding carboxylic acids is 1. The quantitative estimate of drug-likeness (QED) is 0.734. The molecule has 3 nitrogen and oxygen atoms in total. The van der Waals surface area contributed by atoms with Crippen molar-refractivity contribution in [1.29, 1.82) is 0 Å². The van der Waals surface area contributed by atoms with Crippen LogP contribution in [-0.4, -0.2) is 23.6 Å². The second-order valence-corrected chi connectivity index (χ2v) is 4.57. The lowest BCUT2D eigenvalue weighted by atomic mass is 10.1. The lowest BCUT2D eigenvalue weighted by Gasteiger charge is -2.14. The average Bonchev–Trinajstić information content (AvgIpc) is 2.83. The normalized spacial score (nSPS) is 20.3. The van der Waals surface area contributed by atoms with E-state index < -0.39 is 0 Å². The van der Waals surface area contributed by atoms with E-state index in [2.05, 4.69) is 11.5 Å². The van der Waals surface area contributed by atoms with Crippen molar-refractivity contribution in [2.45, 2.75) is 46.3 Å². The first kappa shape index (κ1) is 11.4. The highest BCUT2D eigenvalue weighted by molar-refractivity contribution is 5.79. The van der Waals surface area contributed by atoms with Crippen molar-refractivity contribution in [3.05, 3.63) is 22.5 Å². The highest BCUT2D eigenvalue weighted by Gasteiger charge is 2.20. The first-order valence-electron chi connectivity index (χ1n) is 5.88. The molecule has 0 amide bonds. The molecular formula is C13H19NO2. The Bertz CT molecular complexity index is 401. The summed E-state index contributed by atoms with van der Waals surface area (Å²) >= 11 is 0. The van der Waals surface area contributed by atoms with Crippen molar-refractivity contribution in [3.63, 3.8) is 0 Å². The SMILES string of the molecule is Cc1c(C=O)c(C)n(C[C@@H]2CCCO2)c1C. The van der Waals surface area contributed by atoms with Gasteiger partial charge in [0.05, 0.1) is 6.10 Å². The van der Waals surface area contributed by atoms with Gasteiger partial charge in [-0.25, -0.2) is 0 Å². The second kappa shape index (κ2) is 4.42. The molecule has 0 radical (unpaired) electrons. The van der Waals surface area contributed by atoms with Gasteiger partial charge in [-0.2, -0.15) is 0 Å². The molecule has 2 heterocycles. The summed E-state index contributed by atoms with van der Waals surface area (Å²) < 4.78 is 7.86. The number of ether oxygens (including phenoxy) is 1. The van der Waals surface area contributed by atoms with Crippen LogP contribution >= 0.6 is 0 Å². The zero-order chi connectivity index (χ0) is 11.7. The number of aromatic nitrogens is 1. The summed E-state index contributed by atoms with van der Waals surface area (Å²) in [4.78, 5) is 11.0. The van der Waals surface area contributed by atoms with Crippen LogP contribution < -0.4 is 0 Å². The highest BCUT2D eigenvalue weighted by atomic mass is 16.5. The monoisotopic (exact) mass is 221 g/mol. The Balaban J connectivity index is 2.29. The van der Waals surface area contributed by atoms with Crippen LogP contribution in [0.3, 0.4) is 0 Å². The lowest BCUT2D eigenvalue weighted by Crippen LogP contribution is -2.17. The number of hydrogen-bond donors (Lipinski definition) is 0. The fraction of sp³-hybridized carbons (Fsp3) is 0.615. The largest absolute Gasteiger partial charge is 0.376 e. The molecule has 2 rings (SSSR count). The lowest BCUT2D eigenvalue weighted by molar-refractivity contribution is 0.0960. The van der Waals surface area contributed by atoms with Gasteiger partial charge in [-0.05, 0) is 39.2 Å². The molecule has 0 saturated carbocycles. The van der Waals surface area contributed by atoms with Crippen molar-refractivity contribution >= 4 is 6.29 Å². The van der Waals surface area contributed by atoms with E-state index in [1.807, 2.05) is 13.8 Å². The van der Waals surface area contributed by atoms with Gasteiger partial charge in [0, 0.05) is 30.1 Å². The first-order valence-corrected chi connectivity index (χ1v) is 5.88. The zero-order valence-corrected chi connectivity index (χ0v) is 10.2. The van der Waals surface area contributed by atoms with Crippen molar-refractivity contribution < 1.29 is 9.53 Å². The molecule has 0 N–H and O–H groups in total. The standard InChI is InChI=1S/C13H19NO2/c1-9-10(2)14(11(3)13(9)8-15)7-12-5-4-6-16-12/h8,12H,4-7H2,1-3H3/t12-/m0/s1. The molecule has 3 heteroatoms.